The van der Waals surface area contributed by atoms with Crippen LogP contribution in [0.15, 0.2) is 42.1 Å². The summed E-state index contributed by atoms with van der Waals surface area (Å²) in [5, 5.41) is 0. The summed E-state index contributed by atoms with van der Waals surface area (Å²) >= 11 is 0. The van der Waals surface area contributed by atoms with E-state index in [0.29, 0.717) is 19.7 Å². The van der Waals surface area contributed by atoms with Crippen LogP contribution in [0, 0.1) is 27.7 Å². The molecular formula is C34H45N3O3. The van der Waals surface area contributed by atoms with Crippen molar-refractivity contribution in [2.45, 2.75) is 97.7 Å². The number of fused-ring (bicyclic) bond motifs is 3. The normalized spacial score (nSPS) is 25.7. The third-order valence-electron chi connectivity index (χ3n) is 9.38. The number of ether oxygens (including phenoxy) is 2. The lowest BCUT2D eigenvalue weighted by atomic mass is 9.81. The first-order valence-corrected chi connectivity index (χ1v) is 15.0. The molecule has 0 aliphatic carbocycles. The maximum atomic E-state index is 14.3. The zero-order valence-corrected chi connectivity index (χ0v) is 25.3. The van der Waals surface area contributed by atoms with Crippen LogP contribution in [0.4, 0.5) is 4.79 Å². The molecule has 0 bridgehead atoms. The topological polar surface area (TPSA) is 45.2 Å². The number of rotatable bonds is 4. The number of carbonyl (C=O) groups excluding carboxylic acids is 1. The number of piperidine rings is 1. The molecule has 2 atom stereocenters. The van der Waals surface area contributed by atoms with Crippen LogP contribution in [0.5, 0.6) is 0 Å². The first kappa shape index (κ1) is 27.5. The fraction of sp³-hybridized carbons (Fsp3) is 0.559. The van der Waals surface area contributed by atoms with Crippen LogP contribution in [0.3, 0.4) is 0 Å². The van der Waals surface area contributed by atoms with E-state index in [1.165, 1.54) is 44.6 Å². The molecule has 4 heterocycles. The molecule has 0 radical (unpaired) electrons. The van der Waals surface area contributed by atoms with E-state index in [9.17, 15) is 4.79 Å². The average molecular weight is 544 g/mol. The summed E-state index contributed by atoms with van der Waals surface area (Å²) in [6.07, 6.45) is 4.12. The summed E-state index contributed by atoms with van der Waals surface area (Å²) in [6.45, 7) is 19.5. The Hall–Kier alpha value is -2.67. The van der Waals surface area contributed by atoms with E-state index in [-0.39, 0.29) is 23.6 Å². The number of hydrogen-bond acceptors (Lipinski definition) is 4. The Labute approximate surface area is 239 Å². The van der Waals surface area contributed by atoms with Gasteiger partial charge in [0.25, 0.3) is 0 Å². The SMILES string of the molecule is Cc1cc(C)cc(CN2CCC3(CC2)C2=CC(C)c4c(C)cc(C)cc4CN2C(=O)N3C[C@@H]2COC(C)(C)O2)c1. The maximum absolute atomic E-state index is 14.3. The molecule has 6 rings (SSSR count). The second-order valence-electron chi connectivity index (χ2n) is 13.2. The van der Waals surface area contributed by atoms with Gasteiger partial charge in [-0.1, -0.05) is 60.0 Å². The van der Waals surface area contributed by atoms with Crippen molar-refractivity contribution in [1.29, 1.82) is 0 Å². The molecule has 0 aromatic heterocycles. The average Bonchev–Trinajstić information content (AvgIpc) is 3.23. The molecule has 2 amide bonds. The third-order valence-corrected chi connectivity index (χ3v) is 9.38. The molecule has 2 aromatic carbocycles. The van der Waals surface area contributed by atoms with Gasteiger partial charge in [0.05, 0.1) is 25.2 Å². The van der Waals surface area contributed by atoms with Crippen molar-refractivity contribution >= 4 is 6.03 Å². The van der Waals surface area contributed by atoms with Crippen LogP contribution in [-0.4, -0.2) is 64.4 Å². The number of carbonyl (C=O) groups is 1. The highest BCUT2D eigenvalue weighted by Gasteiger charge is 2.56. The summed E-state index contributed by atoms with van der Waals surface area (Å²) in [5.74, 6) is -0.360. The molecule has 2 aromatic rings. The van der Waals surface area contributed by atoms with Crippen molar-refractivity contribution in [3.05, 3.63) is 81.0 Å². The van der Waals surface area contributed by atoms with Crippen molar-refractivity contribution in [3.63, 3.8) is 0 Å². The Morgan fingerprint density at radius 2 is 1.62 bits per heavy atom. The van der Waals surface area contributed by atoms with Gasteiger partial charge in [-0.25, -0.2) is 4.79 Å². The minimum absolute atomic E-state index is 0.113. The van der Waals surface area contributed by atoms with Crippen molar-refractivity contribution in [2.75, 3.05) is 26.2 Å². The molecule has 3 fully saturated rings. The smallest absolute Gasteiger partial charge is 0.325 e. The van der Waals surface area contributed by atoms with Gasteiger partial charge in [-0.15, -0.1) is 0 Å². The number of benzene rings is 2. The number of urea groups is 1. The highest BCUT2D eigenvalue weighted by molar-refractivity contribution is 5.83. The number of amides is 2. The van der Waals surface area contributed by atoms with Gasteiger partial charge >= 0.3 is 6.03 Å². The van der Waals surface area contributed by atoms with Crippen molar-refractivity contribution < 1.29 is 14.3 Å². The number of allylic oxidation sites excluding steroid dienone is 1. The van der Waals surface area contributed by atoms with E-state index < -0.39 is 5.79 Å². The van der Waals surface area contributed by atoms with Gasteiger partial charge in [0.15, 0.2) is 5.79 Å². The highest BCUT2D eigenvalue weighted by atomic mass is 16.7. The van der Waals surface area contributed by atoms with Crippen molar-refractivity contribution in [3.8, 4) is 0 Å². The lowest BCUT2D eigenvalue weighted by Crippen LogP contribution is -2.55. The van der Waals surface area contributed by atoms with Gasteiger partial charge in [-0.2, -0.15) is 0 Å². The molecule has 214 valence electrons. The Morgan fingerprint density at radius 3 is 2.27 bits per heavy atom. The molecule has 6 heteroatoms. The van der Waals surface area contributed by atoms with Crippen LogP contribution >= 0.6 is 0 Å². The van der Waals surface area contributed by atoms with E-state index in [0.717, 1.165) is 32.5 Å². The third kappa shape index (κ3) is 4.88. The van der Waals surface area contributed by atoms with Crippen LogP contribution in [0.2, 0.25) is 0 Å². The monoisotopic (exact) mass is 543 g/mol. The quantitative estimate of drug-likeness (QED) is 0.451. The molecule has 0 N–H and O–H groups in total. The molecule has 6 nitrogen and oxygen atoms in total. The molecule has 1 spiro atoms. The zero-order chi connectivity index (χ0) is 28.4. The summed E-state index contributed by atoms with van der Waals surface area (Å²) in [5.41, 5.74) is 10.1. The Morgan fingerprint density at radius 1 is 0.950 bits per heavy atom. The van der Waals surface area contributed by atoms with Crippen LogP contribution in [0.1, 0.15) is 78.5 Å². The first-order chi connectivity index (χ1) is 18.9. The molecule has 4 aliphatic heterocycles. The fourth-order valence-electron chi connectivity index (χ4n) is 7.89. The second kappa shape index (κ2) is 10.0. The highest BCUT2D eigenvalue weighted by Crippen LogP contribution is 2.48. The minimum Gasteiger partial charge on any atom is -0.348 e. The summed E-state index contributed by atoms with van der Waals surface area (Å²) in [4.78, 5) is 21.2. The summed E-state index contributed by atoms with van der Waals surface area (Å²) in [7, 11) is 0. The predicted molar refractivity (Wildman–Crippen MR) is 158 cm³/mol. The van der Waals surface area contributed by atoms with E-state index >= 15 is 0 Å². The fourth-order valence-corrected chi connectivity index (χ4v) is 7.89. The van der Waals surface area contributed by atoms with Crippen LogP contribution < -0.4 is 0 Å². The van der Waals surface area contributed by atoms with Gasteiger partial charge in [-0.3, -0.25) is 9.80 Å². The van der Waals surface area contributed by atoms with Crippen molar-refractivity contribution in [2.24, 2.45) is 0 Å². The standard InChI is InChI=1S/C34H45N3O3/c1-22-12-23(2)15-27(14-22)18-35-10-8-34(9-11-35)30-17-26(5)31-25(4)13-24(3)16-28(31)19-36(30)32(38)37(34)20-29-21-39-33(6,7)40-29/h12-17,26,29H,8-11,18-21H2,1-7H3/t26?,29-/m1/s1. The lowest BCUT2D eigenvalue weighted by Gasteiger charge is -2.45. The van der Waals surface area contributed by atoms with Gasteiger partial charge < -0.3 is 14.4 Å². The van der Waals surface area contributed by atoms with E-state index in [1.54, 1.807) is 0 Å². The zero-order valence-electron chi connectivity index (χ0n) is 25.3. The van der Waals surface area contributed by atoms with Crippen LogP contribution in [-0.2, 0) is 22.6 Å². The van der Waals surface area contributed by atoms with Gasteiger partial charge in [0.2, 0.25) is 0 Å². The van der Waals surface area contributed by atoms with Crippen LogP contribution in [0.25, 0.3) is 0 Å². The minimum atomic E-state index is -0.609. The van der Waals surface area contributed by atoms with E-state index in [4.69, 9.17) is 9.47 Å². The number of likely N-dealkylation sites (tertiary alicyclic amines) is 1. The summed E-state index contributed by atoms with van der Waals surface area (Å²) in [6, 6.07) is 11.5. The Kier molecular flexibility index (Phi) is 6.88. The van der Waals surface area contributed by atoms with Crippen molar-refractivity contribution in [1.82, 2.24) is 14.7 Å². The van der Waals surface area contributed by atoms with E-state index in [2.05, 4.69) is 85.7 Å². The molecule has 0 saturated carbocycles. The van der Waals surface area contributed by atoms with Gasteiger partial charge in [0.1, 0.15) is 6.10 Å². The lowest BCUT2D eigenvalue weighted by molar-refractivity contribution is -0.140. The number of nitrogens with zero attached hydrogens (tertiary/aromatic N) is 3. The molecule has 1 unspecified atom stereocenters. The maximum Gasteiger partial charge on any atom is 0.325 e. The van der Waals surface area contributed by atoms with E-state index in [1.807, 2.05) is 13.8 Å². The molecule has 4 aliphatic rings. The first-order valence-electron chi connectivity index (χ1n) is 15.0. The number of hydrogen-bond donors (Lipinski definition) is 0. The molecule has 3 saturated heterocycles. The molecule has 40 heavy (non-hydrogen) atoms. The Balaban J connectivity index is 1.33. The Bertz CT molecular complexity index is 1330. The number of aryl methyl sites for hydroxylation is 4. The summed E-state index contributed by atoms with van der Waals surface area (Å²) < 4.78 is 12.1. The largest absolute Gasteiger partial charge is 0.348 e. The molecular weight excluding hydrogens is 498 g/mol. The van der Waals surface area contributed by atoms with Gasteiger partial charge in [0, 0.05) is 31.2 Å². The van der Waals surface area contributed by atoms with Gasteiger partial charge in [-0.05, 0) is 76.6 Å². The second-order valence-corrected chi connectivity index (χ2v) is 13.2. The predicted octanol–water partition coefficient (Wildman–Crippen LogP) is 6.35.